The minimum atomic E-state index is -0.961. The van der Waals surface area contributed by atoms with Crippen LogP contribution in [0.2, 0.25) is 0 Å². The predicted molar refractivity (Wildman–Crippen MR) is 52.3 cm³/mol. The summed E-state index contributed by atoms with van der Waals surface area (Å²) in [5, 5.41) is 11.8. The third-order valence-corrected chi connectivity index (χ3v) is 2.16. The van der Waals surface area contributed by atoms with Gasteiger partial charge in [0, 0.05) is 32.6 Å². The van der Waals surface area contributed by atoms with Crippen molar-refractivity contribution < 1.29 is 14.7 Å². The molecule has 86 valence electrons. The number of hydrogen-bond acceptors (Lipinski definition) is 5. The fourth-order valence-electron chi connectivity index (χ4n) is 1.29. The van der Waals surface area contributed by atoms with Crippen LogP contribution < -0.4 is 11.3 Å². The average Bonchev–Trinajstić information content (AvgIpc) is 2.19. The highest BCUT2D eigenvalue weighted by Gasteiger charge is 2.16. The lowest BCUT2D eigenvalue weighted by molar-refractivity contribution is -0.139. The highest BCUT2D eigenvalue weighted by Crippen LogP contribution is 1.95. The first kappa shape index (κ1) is 11.9. The molecule has 0 aromatic heterocycles. The minimum absolute atomic E-state index is 0.0121. The van der Waals surface area contributed by atoms with Crippen molar-refractivity contribution in [2.45, 2.75) is 12.8 Å². The van der Waals surface area contributed by atoms with E-state index >= 15 is 0 Å². The topological polar surface area (TPSA) is 98.9 Å². The third-order valence-electron chi connectivity index (χ3n) is 2.16. The van der Waals surface area contributed by atoms with E-state index in [1.165, 1.54) is 0 Å². The fraction of sp³-hybridized carbons (Fsp3) is 0.750. The summed E-state index contributed by atoms with van der Waals surface area (Å²) in [6, 6.07) is 0. The Morgan fingerprint density at radius 1 is 1.20 bits per heavy atom. The van der Waals surface area contributed by atoms with Crippen LogP contribution in [0.5, 0.6) is 0 Å². The van der Waals surface area contributed by atoms with Crippen molar-refractivity contribution in [2.24, 2.45) is 5.84 Å². The molecule has 0 aromatic carbocycles. The smallest absolute Gasteiger partial charge is 0.303 e. The van der Waals surface area contributed by atoms with Gasteiger partial charge in [0.2, 0.25) is 5.91 Å². The van der Waals surface area contributed by atoms with Gasteiger partial charge in [0.1, 0.15) is 0 Å². The van der Waals surface area contributed by atoms with Crippen molar-refractivity contribution in [1.29, 1.82) is 0 Å². The maximum absolute atomic E-state index is 11.2. The number of amides is 1. The summed E-state index contributed by atoms with van der Waals surface area (Å²) >= 11 is 0. The molecule has 0 saturated carbocycles. The van der Waals surface area contributed by atoms with Gasteiger partial charge in [0.05, 0.1) is 6.42 Å². The van der Waals surface area contributed by atoms with Gasteiger partial charge in [-0.15, -0.1) is 0 Å². The molecule has 1 aliphatic heterocycles. The van der Waals surface area contributed by atoms with Gasteiger partial charge in [-0.1, -0.05) is 0 Å². The van der Waals surface area contributed by atoms with Gasteiger partial charge in [0.25, 0.3) is 0 Å². The molecular weight excluding hydrogens is 200 g/mol. The number of nitrogens with zero attached hydrogens (tertiary/aromatic N) is 2. The Morgan fingerprint density at radius 3 is 2.33 bits per heavy atom. The minimum Gasteiger partial charge on any atom is -0.481 e. The SMILES string of the molecule is NN1CCN(NC(=O)CCC(=O)O)CC1. The number of hydrazine groups is 2. The summed E-state index contributed by atoms with van der Waals surface area (Å²) in [5.41, 5.74) is 2.64. The number of piperazine rings is 1. The molecule has 0 aliphatic carbocycles. The molecule has 1 amide bonds. The number of carbonyl (C=O) groups excluding carboxylic acids is 1. The number of nitrogens with one attached hydrogen (secondary N) is 1. The highest BCUT2D eigenvalue weighted by atomic mass is 16.4. The molecule has 7 heteroatoms. The van der Waals surface area contributed by atoms with E-state index in [0.29, 0.717) is 26.2 Å². The van der Waals surface area contributed by atoms with Gasteiger partial charge in [-0.2, -0.15) is 0 Å². The van der Waals surface area contributed by atoms with Crippen molar-refractivity contribution in [3.63, 3.8) is 0 Å². The van der Waals surface area contributed by atoms with Crippen LogP contribution in [0.25, 0.3) is 0 Å². The van der Waals surface area contributed by atoms with E-state index in [0.717, 1.165) is 0 Å². The van der Waals surface area contributed by atoms with E-state index in [-0.39, 0.29) is 18.7 Å². The number of carbonyl (C=O) groups is 2. The second-order valence-corrected chi connectivity index (χ2v) is 3.45. The molecule has 1 fully saturated rings. The Morgan fingerprint density at radius 2 is 1.80 bits per heavy atom. The number of aliphatic carboxylic acids is 1. The second kappa shape index (κ2) is 5.64. The molecule has 1 aliphatic rings. The molecule has 4 N–H and O–H groups in total. The number of nitrogens with two attached hydrogens (primary N) is 1. The first-order chi connectivity index (χ1) is 7.08. The van der Waals surface area contributed by atoms with Crippen molar-refractivity contribution in [3.8, 4) is 0 Å². The molecule has 0 spiro atoms. The highest BCUT2D eigenvalue weighted by molar-refractivity contribution is 5.80. The zero-order chi connectivity index (χ0) is 11.3. The molecule has 0 bridgehead atoms. The fourth-order valence-corrected chi connectivity index (χ4v) is 1.29. The van der Waals surface area contributed by atoms with Gasteiger partial charge >= 0.3 is 5.97 Å². The molecule has 0 radical (unpaired) electrons. The van der Waals surface area contributed by atoms with Crippen LogP contribution in [0.1, 0.15) is 12.8 Å². The van der Waals surface area contributed by atoms with Crippen molar-refractivity contribution in [3.05, 3.63) is 0 Å². The Labute approximate surface area is 87.8 Å². The predicted octanol–water partition coefficient (Wildman–Crippen LogP) is -1.63. The standard InChI is InChI=1S/C8H16N4O3/c9-11-3-5-12(6-4-11)10-7(13)1-2-8(14)15/h1-6,9H2,(H,10,13)(H,14,15). The zero-order valence-corrected chi connectivity index (χ0v) is 8.48. The largest absolute Gasteiger partial charge is 0.481 e. The molecule has 0 unspecified atom stereocenters. The quantitative estimate of drug-likeness (QED) is 0.488. The molecule has 7 nitrogen and oxygen atoms in total. The Hall–Kier alpha value is -1.18. The maximum Gasteiger partial charge on any atom is 0.303 e. The maximum atomic E-state index is 11.2. The van der Waals surface area contributed by atoms with Crippen LogP contribution in [0.15, 0.2) is 0 Å². The average molecular weight is 216 g/mol. The van der Waals surface area contributed by atoms with Crippen molar-refractivity contribution in [1.82, 2.24) is 15.4 Å². The Bertz CT molecular complexity index is 238. The lowest BCUT2D eigenvalue weighted by Crippen LogP contribution is -2.55. The molecule has 1 heterocycles. The number of hydrogen-bond donors (Lipinski definition) is 3. The van der Waals surface area contributed by atoms with Crippen LogP contribution in [-0.4, -0.2) is 53.2 Å². The number of carboxylic acid groups (broad SMARTS) is 1. The van der Waals surface area contributed by atoms with Gasteiger partial charge in [-0.25, -0.2) is 10.0 Å². The van der Waals surface area contributed by atoms with Crippen molar-refractivity contribution >= 4 is 11.9 Å². The first-order valence-electron chi connectivity index (χ1n) is 4.84. The summed E-state index contributed by atoms with van der Waals surface area (Å²) in [7, 11) is 0. The van der Waals surface area contributed by atoms with Gasteiger partial charge in [-0.3, -0.25) is 20.9 Å². The second-order valence-electron chi connectivity index (χ2n) is 3.45. The van der Waals surface area contributed by atoms with Crippen LogP contribution in [-0.2, 0) is 9.59 Å². The monoisotopic (exact) mass is 216 g/mol. The number of rotatable bonds is 4. The molecule has 1 saturated heterocycles. The van der Waals surface area contributed by atoms with E-state index in [9.17, 15) is 9.59 Å². The lowest BCUT2D eigenvalue weighted by atomic mass is 10.3. The normalized spacial score (nSPS) is 18.7. The van der Waals surface area contributed by atoms with Crippen molar-refractivity contribution in [2.75, 3.05) is 26.2 Å². The lowest BCUT2D eigenvalue weighted by Gasteiger charge is -2.31. The van der Waals surface area contributed by atoms with Crippen LogP contribution in [0.3, 0.4) is 0 Å². The molecule has 15 heavy (non-hydrogen) atoms. The third kappa shape index (κ3) is 4.73. The van der Waals surface area contributed by atoms with Crippen LogP contribution >= 0.6 is 0 Å². The summed E-state index contributed by atoms with van der Waals surface area (Å²) < 4.78 is 0. The van der Waals surface area contributed by atoms with E-state index in [1.54, 1.807) is 10.0 Å². The molecular formula is C8H16N4O3. The first-order valence-corrected chi connectivity index (χ1v) is 4.84. The van der Waals surface area contributed by atoms with E-state index < -0.39 is 5.97 Å². The van der Waals surface area contributed by atoms with Gasteiger partial charge in [-0.05, 0) is 0 Å². The summed E-state index contributed by atoms with van der Waals surface area (Å²) in [6.45, 7) is 2.71. The Kier molecular flexibility index (Phi) is 4.47. The molecule has 0 aromatic rings. The summed E-state index contributed by atoms with van der Waals surface area (Å²) in [6.07, 6.45) is -0.124. The zero-order valence-electron chi connectivity index (χ0n) is 8.48. The van der Waals surface area contributed by atoms with E-state index in [1.807, 2.05) is 0 Å². The van der Waals surface area contributed by atoms with E-state index in [4.69, 9.17) is 10.9 Å². The van der Waals surface area contributed by atoms with E-state index in [2.05, 4.69) is 5.43 Å². The van der Waals surface area contributed by atoms with Crippen LogP contribution in [0.4, 0.5) is 0 Å². The Balaban J connectivity index is 2.17. The van der Waals surface area contributed by atoms with Gasteiger partial charge < -0.3 is 5.11 Å². The molecule has 0 atom stereocenters. The molecule has 1 rings (SSSR count). The van der Waals surface area contributed by atoms with Gasteiger partial charge in [0.15, 0.2) is 0 Å². The van der Waals surface area contributed by atoms with Crippen LogP contribution in [0, 0.1) is 0 Å². The summed E-state index contributed by atoms with van der Waals surface area (Å²) in [4.78, 5) is 21.5. The summed E-state index contributed by atoms with van der Waals surface area (Å²) in [5.74, 6) is 4.32. The number of carboxylic acids is 1.